The summed E-state index contributed by atoms with van der Waals surface area (Å²) in [7, 11) is 0. The smallest absolute Gasteiger partial charge is 0.255 e. The van der Waals surface area contributed by atoms with Crippen molar-refractivity contribution in [3.8, 4) is 0 Å². The van der Waals surface area contributed by atoms with Gasteiger partial charge in [-0.1, -0.05) is 30.3 Å². The average Bonchev–Trinajstić information content (AvgIpc) is 2.79. The highest BCUT2D eigenvalue weighted by molar-refractivity contribution is 5.94. The Hall–Kier alpha value is -3.41. The fourth-order valence-corrected chi connectivity index (χ4v) is 3.48. The van der Waals surface area contributed by atoms with Gasteiger partial charge in [-0.2, -0.15) is 0 Å². The number of benzene rings is 1. The van der Waals surface area contributed by atoms with Crippen LogP contribution in [-0.2, 0) is 6.54 Å². The SMILES string of the molecule is Cc1ccccc1CNc1ccc(C(=O)N2CCN(c3ccccn3)CC2)cn1. The summed E-state index contributed by atoms with van der Waals surface area (Å²) in [6.45, 7) is 5.74. The number of aryl methyl sites for hydroxylation is 1. The van der Waals surface area contributed by atoms with Gasteiger partial charge in [-0.15, -0.1) is 0 Å². The van der Waals surface area contributed by atoms with Crippen molar-refractivity contribution in [2.75, 3.05) is 36.4 Å². The predicted molar refractivity (Wildman–Crippen MR) is 115 cm³/mol. The Bertz CT molecular complexity index is 951. The summed E-state index contributed by atoms with van der Waals surface area (Å²) in [6, 6.07) is 17.9. The molecule has 0 atom stereocenters. The zero-order chi connectivity index (χ0) is 20.1. The van der Waals surface area contributed by atoms with Crippen molar-refractivity contribution in [1.82, 2.24) is 14.9 Å². The summed E-state index contributed by atoms with van der Waals surface area (Å²) < 4.78 is 0. The Morgan fingerprint density at radius 3 is 2.45 bits per heavy atom. The number of piperazine rings is 1. The van der Waals surface area contributed by atoms with E-state index in [1.807, 2.05) is 47.4 Å². The highest BCUT2D eigenvalue weighted by atomic mass is 16.2. The summed E-state index contributed by atoms with van der Waals surface area (Å²) in [6.07, 6.45) is 3.46. The molecule has 0 unspecified atom stereocenters. The van der Waals surface area contributed by atoms with Gasteiger partial charge in [-0.25, -0.2) is 9.97 Å². The van der Waals surface area contributed by atoms with E-state index in [0.717, 1.165) is 24.7 Å². The van der Waals surface area contributed by atoms with Crippen LogP contribution in [0.2, 0.25) is 0 Å². The molecule has 0 radical (unpaired) electrons. The maximum Gasteiger partial charge on any atom is 0.255 e. The van der Waals surface area contributed by atoms with E-state index >= 15 is 0 Å². The van der Waals surface area contributed by atoms with Crippen molar-refractivity contribution in [2.45, 2.75) is 13.5 Å². The average molecular weight is 387 g/mol. The number of hydrogen-bond donors (Lipinski definition) is 1. The molecule has 1 amide bonds. The van der Waals surface area contributed by atoms with E-state index in [9.17, 15) is 4.79 Å². The Labute approximate surface area is 171 Å². The third-order valence-corrected chi connectivity index (χ3v) is 5.27. The molecule has 6 heteroatoms. The molecule has 6 nitrogen and oxygen atoms in total. The van der Waals surface area contributed by atoms with Gasteiger partial charge in [0.15, 0.2) is 0 Å². The van der Waals surface area contributed by atoms with Gasteiger partial charge in [0.1, 0.15) is 11.6 Å². The third kappa shape index (κ3) is 4.54. The van der Waals surface area contributed by atoms with Gasteiger partial charge in [-0.05, 0) is 42.3 Å². The van der Waals surface area contributed by atoms with Crippen LogP contribution in [0, 0.1) is 6.92 Å². The van der Waals surface area contributed by atoms with E-state index in [1.54, 1.807) is 12.4 Å². The summed E-state index contributed by atoms with van der Waals surface area (Å²) in [4.78, 5) is 25.7. The standard InChI is InChI=1S/C23H25N5O/c1-18-6-2-3-7-19(18)16-25-21-10-9-20(17-26-21)23(29)28-14-12-27(13-15-28)22-8-4-5-11-24-22/h2-11,17H,12-16H2,1H3,(H,25,26). The van der Waals surface area contributed by atoms with Gasteiger partial charge in [-0.3, -0.25) is 4.79 Å². The Kier molecular flexibility index (Phi) is 5.70. The number of rotatable bonds is 5. The van der Waals surface area contributed by atoms with Gasteiger partial charge in [0.25, 0.3) is 5.91 Å². The summed E-state index contributed by atoms with van der Waals surface area (Å²) in [5, 5.41) is 3.32. The molecule has 0 aliphatic carbocycles. The normalized spacial score (nSPS) is 14.0. The van der Waals surface area contributed by atoms with Crippen LogP contribution in [0.4, 0.5) is 11.6 Å². The number of pyridine rings is 2. The molecule has 29 heavy (non-hydrogen) atoms. The molecule has 1 saturated heterocycles. The van der Waals surface area contributed by atoms with Crippen LogP contribution in [0.5, 0.6) is 0 Å². The number of hydrogen-bond acceptors (Lipinski definition) is 5. The van der Waals surface area contributed by atoms with E-state index in [0.29, 0.717) is 25.2 Å². The molecule has 1 aliphatic rings. The van der Waals surface area contributed by atoms with Gasteiger partial charge in [0.2, 0.25) is 0 Å². The highest BCUT2D eigenvalue weighted by Gasteiger charge is 2.22. The lowest BCUT2D eigenvalue weighted by Crippen LogP contribution is -2.49. The number of aromatic nitrogens is 2. The number of nitrogens with zero attached hydrogens (tertiary/aromatic N) is 4. The van der Waals surface area contributed by atoms with Crippen LogP contribution in [0.3, 0.4) is 0 Å². The zero-order valence-electron chi connectivity index (χ0n) is 16.6. The Morgan fingerprint density at radius 1 is 0.966 bits per heavy atom. The lowest BCUT2D eigenvalue weighted by atomic mass is 10.1. The Balaban J connectivity index is 1.32. The van der Waals surface area contributed by atoms with E-state index in [2.05, 4.69) is 39.2 Å². The molecule has 148 valence electrons. The van der Waals surface area contributed by atoms with Crippen molar-refractivity contribution >= 4 is 17.5 Å². The second-order valence-corrected chi connectivity index (χ2v) is 7.18. The first kappa shape index (κ1) is 18.9. The van der Waals surface area contributed by atoms with Crippen molar-refractivity contribution < 1.29 is 4.79 Å². The number of amides is 1. The summed E-state index contributed by atoms with van der Waals surface area (Å²) in [5.74, 6) is 1.76. The predicted octanol–water partition coefficient (Wildman–Crippen LogP) is 3.36. The van der Waals surface area contributed by atoms with E-state index in [1.165, 1.54) is 11.1 Å². The van der Waals surface area contributed by atoms with Crippen LogP contribution < -0.4 is 10.2 Å². The largest absolute Gasteiger partial charge is 0.366 e. The van der Waals surface area contributed by atoms with Crippen molar-refractivity contribution in [3.63, 3.8) is 0 Å². The molecule has 1 N–H and O–H groups in total. The van der Waals surface area contributed by atoms with Crippen molar-refractivity contribution in [2.24, 2.45) is 0 Å². The number of carbonyl (C=O) groups is 1. The van der Waals surface area contributed by atoms with Crippen LogP contribution in [0.1, 0.15) is 21.5 Å². The minimum atomic E-state index is 0.0311. The molecular weight excluding hydrogens is 362 g/mol. The van der Waals surface area contributed by atoms with Gasteiger partial charge < -0.3 is 15.1 Å². The first-order valence-corrected chi connectivity index (χ1v) is 9.90. The molecule has 0 bridgehead atoms. The van der Waals surface area contributed by atoms with Crippen molar-refractivity contribution in [3.05, 3.63) is 83.7 Å². The number of anilines is 2. The zero-order valence-corrected chi connectivity index (χ0v) is 16.6. The maximum atomic E-state index is 12.8. The quantitative estimate of drug-likeness (QED) is 0.727. The van der Waals surface area contributed by atoms with Crippen LogP contribution in [-0.4, -0.2) is 47.0 Å². The number of nitrogens with one attached hydrogen (secondary N) is 1. The van der Waals surface area contributed by atoms with Crippen LogP contribution >= 0.6 is 0 Å². The first-order chi connectivity index (χ1) is 14.2. The molecule has 1 aliphatic heterocycles. The van der Waals surface area contributed by atoms with E-state index < -0.39 is 0 Å². The highest BCUT2D eigenvalue weighted by Crippen LogP contribution is 2.16. The summed E-state index contributed by atoms with van der Waals surface area (Å²) in [5.41, 5.74) is 3.11. The Morgan fingerprint density at radius 2 is 1.76 bits per heavy atom. The maximum absolute atomic E-state index is 12.8. The van der Waals surface area contributed by atoms with Crippen LogP contribution in [0.25, 0.3) is 0 Å². The lowest BCUT2D eigenvalue weighted by Gasteiger charge is -2.35. The molecule has 0 spiro atoms. The second-order valence-electron chi connectivity index (χ2n) is 7.18. The van der Waals surface area contributed by atoms with Gasteiger partial charge in [0.05, 0.1) is 5.56 Å². The molecule has 4 rings (SSSR count). The van der Waals surface area contributed by atoms with Gasteiger partial charge >= 0.3 is 0 Å². The molecule has 0 saturated carbocycles. The fraction of sp³-hybridized carbons (Fsp3) is 0.261. The monoisotopic (exact) mass is 387 g/mol. The third-order valence-electron chi connectivity index (χ3n) is 5.27. The molecule has 2 aromatic heterocycles. The molecular formula is C23H25N5O. The lowest BCUT2D eigenvalue weighted by molar-refractivity contribution is 0.0746. The second kappa shape index (κ2) is 8.73. The van der Waals surface area contributed by atoms with Gasteiger partial charge in [0, 0.05) is 45.1 Å². The molecule has 1 fully saturated rings. The van der Waals surface area contributed by atoms with Crippen molar-refractivity contribution in [1.29, 1.82) is 0 Å². The molecule has 3 heterocycles. The number of carbonyl (C=O) groups excluding carboxylic acids is 1. The minimum absolute atomic E-state index is 0.0311. The van der Waals surface area contributed by atoms with E-state index in [-0.39, 0.29) is 5.91 Å². The first-order valence-electron chi connectivity index (χ1n) is 9.90. The minimum Gasteiger partial charge on any atom is -0.366 e. The topological polar surface area (TPSA) is 61.4 Å². The van der Waals surface area contributed by atoms with E-state index in [4.69, 9.17) is 0 Å². The summed E-state index contributed by atoms with van der Waals surface area (Å²) >= 11 is 0. The molecule has 3 aromatic rings. The van der Waals surface area contributed by atoms with Crippen LogP contribution in [0.15, 0.2) is 67.0 Å². The fourth-order valence-electron chi connectivity index (χ4n) is 3.48. The molecule has 1 aromatic carbocycles.